The zero-order valence-electron chi connectivity index (χ0n) is 8.12. The lowest BCUT2D eigenvalue weighted by atomic mass is 10.2. The third-order valence-electron chi connectivity index (χ3n) is 2.01. The third-order valence-corrected chi connectivity index (χ3v) is 2.01. The molecular weight excluding hydrogens is 194 g/mol. The van der Waals surface area contributed by atoms with E-state index in [1.54, 1.807) is 42.4 Å². The topological polar surface area (TPSA) is 57.0 Å². The van der Waals surface area contributed by atoms with Crippen molar-refractivity contribution in [2.24, 2.45) is 0 Å². The van der Waals surface area contributed by atoms with Gasteiger partial charge in [-0.3, -0.25) is 4.79 Å². The molecule has 1 aromatic heterocycles. The SMILES string of the molecule is COc1cc(C=O)ccc1-n1ccnn1. The van der Waals surface area contributed by atoms with Crippen LogP contribution < -0.4 is 4.74 Å². The van der Waals surface area contributed by atoms with E-state index in [1.807, 2.05) is 0 Å². The van der Waals surface area contributed by atoms with Gasteiger partial charge in [-0.15, -0.1) is 5.10 Å². The summed E-state index contributed by atoms with van der Waals surface area (Å²) in [4.78, 5) is 10.6. The van der Waals surface area contributed by atoms with Gasteiger partial charge in [-0.1, -0.05) is 5.21 Å². The van der Waals surface area contributed by atoms with Crippen molar-refractivity contribution in [3.63, 3.8) is 0 Å². The van der Waals surface area contributed by atoms with Gasteiger partial charge in [0.15, 0.2) is 0 Å². The van der Waals surface area contributed by atoms with Crippen molar-refractivity contribution in [1.29, 1.82) is 0 Å². The molecule has 0 aliphatic rings. The Labute approximate surface area is 86.3 Å². The van der Waals surface area contributed by atoms with Crippen LogP contribution in [0.4, 0.5) is 0 Å². The fourth-order valence-electron chi connectivity index (χ4n) is 1.29. The first kappa shape index (κ1) is 9.39. The summed E-state index contributed by atoms with van der Waals surface area (Å²) >= 11 is 0. The molecule has 5 nitrogen and oxygen atoms in total. The fraction of sp³-hybridized carbons (Fsp3) is 0.100. The van der Waals surface area contributed by atoms with Gasteiger partial charge in [0.1, 0.15) is 17.7 Å². The first-order chi connectivity index (χ1) is 7.35. The number of hydrogen-bond acceptors (Lipinski definition) is 4. The van der Waals surface area contributed by atoms with Gasteiger partial charge in [-0.2, -0.15) is 0 Å². The molecule has 0 saturated heterocycles. The van der Waals surface area contributed by atoms with Gasteiger partial charge in [0.2, 0.25) is 0 Å². The summed E-state index contributed by atoms with van der Waals surface area (Å²) in [5.74, 6) is 0.588. The minimum atomic E-state index is 0.565. The molecule has 1 heterocycles. The summed E-state index contributed by atoms with van der Waals surface area (Å²) in [6, 6.07) is 5.12. The fourth-order valence-corrected chi connectivity index (χ4v) is 1.29. The minimum absolute atomic E-state index is 0.565. The van der Waals surface area contributed by atoms with Crippen LogP contribution in [0.25, 0.3) is 5.69 Å². The molecule has 0 atom stereocenters. The van der Waals surface area contributed by atoms with E-state index in [0.717, 1.165) is 12.0 Å². The van der Waals surface area contributed by atoms with Gasteiger partial charge >= 0.3 is 0 Å². The number of carbonyl (C=O) groups is 1. The Kier molecular flexibility index (Phi) is 2.45. The van der Waals surface area contributed by atoms with E-state index in [4.69, 9.17) is 4.74 Å². The van der Waals surface area contributed by atoms with Crippen LogP contribution in [0.2, 0.25) is 0 Å². The zero-order valence-corrected chi connectivity index (χ0v) is 8.12. The van der Waals surface area contributed by atoms with Crippen LogP contribution >= 0.6 is 0 Å². The second kappa shape index (κ2) is 3.91. The second-order valence-corrected chi connectivity index (χ2v) is 2.90. The van der Waals surface area contributed by atoms with Crippen LogP contribution in [-0.2, 0) is 0 Å². The lowest BCUT2D eigenvalue weighted by molar-refractivity contribution is 0.112. The Morgan fingerprint density at radius 2 is 2.33 bits per heavy atom. The molecule has 76 valence electrons. The number of hydrogen-bond donors (Lipinski definition) is 0. The first-order valence-electron chi connectivity index (χ1n) is 4.35. The molecule has 0 fully saturated rings. The Hall–Kier alpha value is -2.17. The van der Waals surface area contributed by atoms with Crippen LogP contribution in [0.3, 0.4) is 0 Å². The highest BCUT2D eigenvalue weighted by molar-refractivity contribution is 5.76. The highest BCUT2D eigenvalue weighted by atomic mass is 16.5. The molecule has 0 aliphatic heterocycles. The van der Waals surface area contributed by atoms with Gasteiger partial charge in [0.25, 0.3) is 0 Å². The Balaban J connectivity index is 2.52. The molecule has 1 aromatic carbocycles. The highest BCUT2D eigenvalue weighted by Crippen LogP contribution is 2.22. The summed E-state index contributed by atoms with van der Waals surface area (Å²) in [7, 11) is 1.55. The summed E-state index contributed by atoms with van der Waals surface area (Å²) < 4.78 is 6.74. The number of nitrogens with zero attached hydrogens (tertiary/aromatic N) is 3. The van der Waals surface area contributed by atoms with Gasteiger partial charge in [0.05, 0.1) is 19.5 Å². The third kappa shape index (κ3) is 1.71. The molecule has 0 radical (unpaired) electrons. The highest BCUT2D eigenvalue weighted by Gasteiger charge is 2.06. The summed E-state index contributed by atoms with van der Waals surface area (Å²) in [6.45, 7) is 0. The molecule has 15 heavy (non-hydrogen) atoms. The van der Waals surface area contributed by atoms with Crippen molar-refractivity contribution in [3.05, 3.63) is 36.2 Å². The summed E-state index contributed by atoms with van der Waals surface area (Å²) in [5, 5.41) is 7.55. The van der Waals surface area contributed by atoms with E-state index in [2.05, 4.69) is 10.3 Å². The zero-order chi connectivity index (χ0) is 10.7. The second-order valence-electron chi connectivity index (χ2n) is 2.90. The van der Waals surface area contributed by atoms with Gasteiger partial charge in [0, 0.05) is 5.56 Å². The van der Waals surface area contributed by atoms with Crippen LogP contribution in [0.15, 0.2) is 30.6 Å². The summed E-state index contributed by atoms with van der Waals surface area (Å²) in [6.07, 6.45) is 4.05. The number of ether oxygens (including phenoxy) is 1. The maximum atomic E-state index is 10.6. The Morgan fingerprint density at radius 3 is 2.93 bits per heavy atom. The molecular formula is C10H9N3O2. The van der Waals surface area contributed by atoms with Crippen molar-refractivity contribution >= 4 is 6.29 Å². The molecule has 0 aliphatic carbocycles. The largest absolute Gasteiger partial charge is 0.494 e. The first-order valence-corrected chi connectivity index (χ1v) is 4.35. The van der Waals surface area contributed by atoms with E-state index in [0.29, 0.717) is 11.3 Å². The van der Waals surface area contributed by atoms with Crippen LogP contribution in [0, 0.1) is 0 Å². The van der Waals surface area contributed by atoms with Gasteiger partial charge < -0.3 is 4.74 Å². The maximum Gasteiger partial charge on any atom is 0.150 e. The molecule has 0 N–H and O–H groups in total. The molecule has 0 saturated carbocycles. The molecule has 0 bridgehead atoms. The number of aromatic nitrogens is 3. The van der Waals surface area contributed by atoms with Crippen molar-refractivity contribution in [1.82, 2.24) is 15.0 Å². The van der Waals surface area contributed by atoms with E-state index in [-0.39, 0.29) is 0 Å². The lowest BCUT2D eigenvalue weighted by Gasteiger charge is -2.07. The number of methoxy groups -OCH3 is 1. The quantitative estimate of drug-likeness (QED) is 0.700. The van der Waals surface area contributed by atoms with Crippen LogP contribution in [0.5, 0.6) is 5.75 Å². The number of aldehydes is 1. The van der Waals surface area contributed by atoms with Crippen molar-refractivity contribution < 1.29 is 9.53 Å². The summed E-state index contributed by atoms with van der Waals surface area (Å²) in [5.41, 5.74) is 1.32. The predicted molar refractivity (Wildman–Crippen MR) is 53.3 cm³/mol. The van der Waals surface area contributed by atoms with Crippen molar-refractivity contribution in [2.45, 2.75) is 0 Å². The van der Waals surface area contributed by atoms with Crippen molar-refractivity contribution in [3.8, 4) is 11.4 Å². The van der Waals surface area contributed by atoms with E-state index >= 15 is 0 Å². The van der Waals surface area contributed by atoms with E-state index in [9.17, 15) is 4.79 Å². The molecule has 2 rings (SSSR count). The van der Waals surface area contributed by atoms with Gasteiger partial charge in [-0.05, 0) is 18.2 Å². The normalized spacial score (nSPS) is 9.93. The predicted octanol–water partition coefficient (Wildman–Crippen LogP) is 1.09. The number of carbonyl (C=O) groups excluding carboxylic acids is 1. The van der Waals surface area contributed by atoms with Gasteiger partial charge in [-0.25, -0.2) is 4.68 Å². The van der Waals surface area contributed by atoms with Crippen LogP contribution in [-0.4, -0.2) is 28.4 Å². The molecule has 0 amide bonds. The maximum absolute atomic E-state index is 10.6. The molecule has 0 spiro atoms. The molecule has 0 unspecified atom stereocenters. The molecule has 2 aromatic rings. The van der Waals surface area contributed by atoms with Crippen molar-refractivity contribution in [2.75, 3.05) is 7.11 Å². The van der Waals surface area contributed by atoms with E-state index < -0.39 is 0 Å². The minimum Gasteiger partial charge on any atom is -0.494 e. The van der Waals surface area contributed by atoms with E-state index in [1.165, 1.54) is 0 Å². The molecule has 5 heteroatoms. The number of benzene rings is 1. The standard InChI is InChI=1S/C10H9N3O2/c1-15-10-6-8(7-14)2-3-9(10)13-5-4-11-12-13/h2-7H,1H3. The smallest absolute Gasteiger partial charge is 0.150 e. The Morgan fingerprint density at radius 1 is 1.47 bits per heavy atom. The number of rotatable bonds is 3. The monoisotopic (exact) mass is 203 g/mol. The Bertz CT molecular complexity index is 466. The lowest BCUT2D eigenvalue weighted by Crippen LogP contribution is -1.99. The van der Waals surface area contributed by atoms with Crippen LogP contribution in [0.1, 0.15) is 10.4 Å². The average molecular weight is 203 g/mol. The average Bonchev–Trinajstić information content (AvgIpc) is 2.81.